The Balaban J connectivity index is 1.52. The third-order valence-electron chi connectivity index (χ3n) is 5.09. The molecule has 0 unspecified atom stereocenters. The summed E-state index contributed by atoms with van der Waals surface area (Å²) in [5.41, 5.74) is 2.56. The van der Waals surface area contributed by atoms with Gasteiger partial charge in [-0.1, -0.05) is 18.2 Å². The monoisotopic (exact) mass is 392 g/mol. The van der Waals surface area contributed by atoms with E-state index < -0.39 is 10.0 Å². The van der Waals surface area contributed by atoms with Crippen LogP contribution >= 0.6 is 0 Å². The van der Waals surface area contributed by atoms with E-state index in [0.29, 0.717) is 31.7 Å². The topological polar surface area (TPSA) is 77.3 Å². The number of anilines is 1. The van der Waals surface area contributed by atoms with Crippen LogP contribution in [0.15, 0.2) is 59.5 Å². The number of benzene rings is 2. The highest BCUT2D eigenvalue weighted by molar-refractivity contribution is 7.89. The molecule has 7 heteroatoms. The van der Waals surface area contributed by atoms with E-state index in [4.69, 9.17) is 10.2 Å². The van der Waals surface area contributed by atoms with Gasteiger partial charge in [0.2, 0.25) is 10.0 Å². The zero-order valence-electron chi connectivity index (χ0n) is 15.5. The molecule has 1 saturated heterocycles. The van der Waals surface area contributed by atoms with E-state index >= 15 is 0 Å². The lowest BCUT2D eigenvalue weighted by atomic mass is 10.1. The van der Waals surface area contributed by atoms with E-state index in [1.54, 1.807) is 0 Å². The Morgan fingerprint density at radius 3 is 2.36 bits per heavy atom. The second-order valence-corrected chi connectivity index (χ2v) is 8.78. The lowest BCUT2D eigenvalue weighted by Gasteiger charge is -2.35. The number of fused-ring (bicyclic) bond motifs is 1. The Bertz CT molecular complexity index is 1160. The highest BCUT2D eigenvalue weighted by Crippen LogP contribution is 2.24. The highest BCUT2D eigenvalue weighted by atomic mass is 32.2. The first-order valence-corrected chi connectivity index (χ1v) is 10.5. The number of aromatic nitrogens is 1. The number of nitrogens with zero attached hydrogens (tertiary/aromatic N) is 4. The molecule has 2 heterocycles. The molecule has 142 valence electrons. The molecule has 4 rings (SSSR count). The summed E-state index contributed by atoms with van der Waals surface area (Å²) in [7, 11) is -3.56. The average Bonchev–Trinajstić information content (AvgIpc) is 2.74. The van der Waals surface area contributed by atoms with Gasteiger partial charge in [-0.05, 0) is 48.9 Å². The molecular formula is C21H20N4O2S. The lowest BCUT2D eigenvalue weighted by Crippen LogP contribution is -2.48. The maximum Gasteiger partial charge on any atom is 0.243 e. The van der Waals surface area contributed by atoms with E-state index in [1.807, 2.05) is 24.3 Å². The van der Waals surface area contributed by atoms with Crippen LogP contribution in [0, 0.1) is 18.3 Å². The van der Waals surface area contributed by atoms with Crippen molar-refractivity contribution in [1.29, 1.82) is 5.26 Å². The van der Waals surface area contributed by atoms with Crippen LogP contribution in [0.3, 0.4) is 0 Å². The number of piperazine rings is 1. The largest absolute Gasteiger partial charge is 0.354 e. The van der Waals surface area contributed by atoms with Gasteiger partial charge < -0.3 is 4.90 Å². The predicted molar refractivity (Wildman–Crippen MR) is 109 cm³/mol. The molecule has 6 nitrogen and oxygen atoms in total. The summed E-state index contributed by atoms with van der Waals surface area (Å²) in [6, 6.07) is 18.2. The summed E-state index contributed by atoms with van der Waals surface area (Å²) < 4.78 is 27.2. The molecule has 0 aliphatic carbocycles. The minimum atomic E-state index is -3.56. The first-order valence-electron chi connectivity index (χ1n) is 9.11. The minimum Gasteiger partial charge on any atom is -0.354 e. The van der Waals surface area contributed by atoms with Crippen LogP contribution in [-0.2, 0) is 10.0 Å². The normalized spacial score (nSPS) is 15.5. The highest BCUT2D eigenvalue weighted by Gasteiger charge is 2.29. The zero-order valence-corrected chi connectivity index (χ0v) is 16.4. The molecule has 0 radical (unpaired) electrons. The van der Waals surface area contributed by atoms with Crippen LogP contribution in [0.25, 0.3) is 10.9 Å². The van der Waals surface area contributed by atoms with Crippen molar-refractivity contribution >= 4 is 26.7 Å². The third-order valence-corrected chi connectivity index (χ3v) is 7.01. The Kier molecular flexibility index (Phi) is 4.75. The Hall–Kier alpha value is -2.95. The fraction of sp³-hybridized carbons (Fsp3) is 0.238. The Labute approximate surface area is 164 Å². The van der Waals surface area contributed by atoms with Crippen molar-refractivity contribution in [2.45, 2.75) is 11.8 Å². The first-order chi connectivity index (χ1) is 13.5. The number of pyridine rings is 1. The number of rotatable bonds is 3. The van der Waals surface area contributed by atoms with E-state index in [9.17, 15) is 8.42 Å². The van der Waals surface area contributed by atoms with Gasteiger partial charge in [-0.25, -0.2) is 13.4 Å². The summed E-state index contributed by atoms with van der Waals surface area (Å²) in [6.07, 6.45) is 0. The van der Waals surface area contributed by atoms with E-state index in [2.05, 4.69) is 24.0 Å². The van der Waals surface area contributed by atoms with Crippen LogP contribution in [0.1, 0.15) is 11.1 Å². The quantitative estimate of drug-likeness (QED) is 0.685. The van der Waals surface area contributed by atoms with Crippen LogP contribution in [0.5, 0.6) is 0 Å². The minimum absolute atomic E-state index is 0.222. The number of nitriles is 1. The second-order valence-electron chi connectivity index (χ2n) is 6.84. The van der Waals surface area contributed by atoms with E-state index in [0.717, 1.165) is 22.3 Å². The second kappa shape index (κ2) is 7.23. The Morgan fingerprint density at radius 2 is 1.68 bits per heavy atom. The molecule has 0 bridgehead atoms. The molecule has 1 aliphatic rings. The fourth-order valence-corrected chi connectivity index (χ4v) is 4.92. The van der Waals surface area contributed by atoms with Crippen molar-refractivity contribution in [3.8, 4) is 6.07 Å². The zero-order chi connectivity index (χ0) is 19.7. The maximum atomic E-state index is 12.9. The standard InChI is InChI=1S/C21H20N4O2S/c1-16-14-21(23-20-5-3-2-4-19(16)20)24-10-12-25(13-11-24)28(26,27)18-8-6-17(15-22)7-9-18/h2-9,14H,10-13H2,1H3. The van der Waals surface area contributed by atoms with E-state index in [1.165, 1.54) is 28.6 Å². The smallest absolute Gasteiger partial charge is 0.243 e. The average molecular weight is 392 g/mol. The molecule has 1 aliphatic heterocycles. The van der Waals surface area contributed by atoms with Gasteiger partial charge in [0.05, 0.1) is 22.0 Å². The van der Waals surface area contributed by atoms with Crippen molar-refractivity contribution < 1.29 is 8.42 Å². The van der Waals surface area contributed by atoms with Gasteiger partial charge in [-0.15, -0.1) is 0 Å². The molecule has 2 aromatic carbocycles. The Morgan fingerprint density at radius 1 is 1.00 bits per heavy atom. The van der Waals surface area contributed by atoms with Crippen molar-refractivity contribution in [3.05, 3.63) is 65.7 Å². The van der Waals surface area contributed by atoms with Gasteiger partial charge in [0.25, 0.3) is 0 Å². The van der Waals surface area contributed by atoms with Gasteiger partial charge in [-0.3, -0.25) is 0 Å². The first kappa shape index (κ1) is 18.4. The molecule has 28 heavy (non-hydrogen) atoms. The molecule has 0 atom stereocenters. The molecule has 0 saturated carbocycles. The van der Waals surface area contributed by atoms with Crippen molar-refractivity contribution in [1.82, 2.24) is 9.29 Å². The fourth-order valence-electron chi connectivity index (χ4n) is 3.50. The molecule has 0 N–H and O–H groups in total. The van der Waals surface area contributed by atoms with Gasteiger partial charge in [0.15, 0.2) is 0 Å². The summed E-state index contributed by atoms with van der Waals surface area (Å²) in [6.45, 7) is 4.03. The number of sulfonamides is 1. The summed E-state index contributed by atoms with van der Waals surface area (Å²) in [5.74, 6) is 0.881. The molecule has 0 spiro atoms. The van der Waals surface area contributed by atoms with Gasteiger partial charge >= 0.3 is 0 Å². The summed E-state index contributed by atoms with van der Waals surface area (Å²) in [5, 5.41) is 10.0. The maximum absolute atomic E-state index is 12.9. The third kappa shape index (κ3) is 3.33. The van der Waals surface area contributed by atoms with E-state index in [-0.39, 0.29) is 4.90 Å². The van der Waals surface area contributed by atoms with Crippen molar-refractivity contribution in [2.24, 2.45) is 0 Å². The number of hydrogen-bond donors (Lipinski definition) is 0. The lowest BCUT2D eigenvalue weighted by molar-refractivity contribution is 0.384. The molecule has 1 fully saturated rings. The molecule has 1 aromatic heterocycles. The molecular weight excluding hydrogens is 372 g/mol. The number of hydrogen-bond acceptors (Lipinski definition) is 5. The van der Waals surface area contributed by atoms with Gasteiger partial charge in [-0.2, -0.15) is 9.57 Å². The van der Waals surface area contributed by atoms with Crippen LogP contribution < -0.4 is 4.90 Å². The molecule has 0 amide bonds. The van der Waals surface area contributed by atoms with Gasteiger partial charge in [0, 0.05) is 31.6 Å². The molecule has 3 aromatic rings. The van der Waals surface area contributed by atoms with Gasteiger partial charge in [0.1, 0.15) is 5.82 Å². The number of para-hydroxylation sites is 1. The SMILES string of the molecule is Cc1cc(N2CCN(S(=O)(=O)c3ccc(C#N)cc3)CC2)nc2ccccc12. The van der Waals surface area contributed by atoms with Crippen LogP contribution in [0.4, 0.5) is 5.82 Å². The summed E-state index contributed by atoms with van der Waals surface area (Å²) in [4.78, 5) is 7.10. The predicted octanol–water partition coefficient (Wildman–Crippen LogP) is 2.93. The summed E-state index contributed by atoms with van der Waals surface area (Å²) >= 11 is 0. The van der Waals surface area contributed by atoms with Crippen LogP contribution in [0.2, 0.25) is 0 Å². The van der Waals surface area contributed by atoms with Crippen LogP contribution in [-0.4, -0.2) is 43.9 Å². The number of aryl methyl sites for hydroxylation is 1. The van der Waals surface area contributed by atoms with Crippen molar-refractivity contribution in [3.63, 3.8) is 0 Å². The van der Waals surface area contributed by atoms with Crippen molar-refractivity contribution in [2.75, 3.05) is 31.1 Å².